The lowest BCUT2D eigenvalue weighted by Gasteiger charge is -2.18. The molecule has 1 N–H and O–H groups in total. The fraction of sp³-hybridized carbons (Fsp3) is 0.500. The molecule has 1 aromatic carbocycles. The van der Waals surface area contributed by atoms with Crippen LogP contribution in [0, 0.1) is 0 Å². The van der Waals surface area contributed by atoms with Gasteiger partial charge in [-0.2, -0.15) is 0 Å². The number of rotatable bonds is 3. The van der Waals surface area contributed by atoms with Gasteiger partial charge in [-0.1, -0.05) is 15.9 Å². The zero-order valence-corrected chi connectivity index (χ0v) is 11.1. The summed E-state index contributed by atoms with van der Waals surface area (Å²) >= 11 is 3.60. The Kier molecular flexibility index (Phi) is 3.71. The van der Waals surface area contributed by atoms with E-state index in [0.29, 0.717) is 5.92 Å². The van der Waals surface area contributed by atoms with E-state index in [0.717, 1.165) is 35.5 Å². The van der Waals surface area contributed by atoms with Crippen molar-refractivity contribution in [2.24, 2.45) is 0 Å². The van der Waals surface area contributed by atoms with E-state index in [1.54, 1.807) is 14.2 Å². The number of hydrogen-bond acceptors (Lipinski definition) is 3. The Labute approximate surface area is 104 Å². The van der Waals surface area contributed by atoms with Crippen LogP contribution in [0.4, 0.5) is 0 Å². The van der Waals surface area contributed by atoms with Crippen molar-refractivity contribution in [2.75, 3.05) is 27.3 Å². The van der Waals surface area contributed by atoms with Crippen molar-refractivity contribution >= 4 is 15.9 Å². The Hall–Kier alpha value is -0.740. The minimum atomic E-state index is 0.499. The Bertz CT molecular complexity index is 376. The van der Waals surface area contributed by atoms with Crippen LogP contribution in [0.25, 0.3) is 0 Å². The minimum absolute atomic E-state index is 0.499. The summed E-state index contributed by atoms with van der Waals surface area (Å²) in [7, 11) is 3.36. The molecule has 1 atom stereocenters. The van der Waals surface area contributed by atoms with Crippen LogP contribution in [0.5, 0.6) is 11.5 Å². The Morgan fingerprint density at radius 2 is 2.12 bits per heavy atom. The van der Waals surface area contributed by atoms with Gasteiger partial charge in [-0.3, -0.25) is 0 Å². The van der Waals surface area contributed by atoms with Gasteiger partial charge >= 0.3 is 0 Å². The molecular formula is C12H16BrNO2. The first kappa shape index (κ1) is 11.7. The van der Waals surface area contributed by atoms with Gasteiger partial charge in [0.1, 0.15) is 0 Å². The second-order valence-corrected chi connectivity index (χ2v) is 4.74. The third kappa shape index (κ3) is 2.04. The van der Waals surface area contributed by atoms with E-state index in [2.05, 4.69) is 21.2 Å². The van der Waals surface area contributed by atoms with E-state index in [1.165, 1.54) is 5.56 Å². The molecule has 0 saturated carbocycles. The third-order valence-electron chi connectivity index (χ3n) is 3.00. The molecule has 1 saturated heterocycles. The molecule has 0 amide bonds. The summed E-state index contributed by atoms with van der Waals surface area (Å²) in [5, 5.41) is 3.37. The Balaban J connectivity index is 2.47. The largest absolute Gasteiger partial charge is 0.493 e. The van der Waals surface area contributed by atoms with Gasteiger partial charge in [0.2, 0.25) is 0 Å². The molecular weight excluding hydrogens is 270 g/mol. The van der Waals surface area contributed by atoms with Crippen LogP contribution in [-0.2, 0) is 0 Å². The van der Waals surface area contributed by atoms with Gasteiger partial charge in [0.05, 0.1) is 14.2 Å². The lowest BCUT2D eigenvalue weighted by Crippen LogP contribution is -2.09. The van der Waals surface area contributed by atoms with E-state index in [9.17, 15) is 0 Å². The first-order chi connectivity index (χ1) is 7.77. The van der Waals surface area contributed by atoms with Crippen LogP contribution < -0.4 is 14.8 Å². The molecule has 4 heteroatoms. The molecule has 1 fully saturated rings. The first-order valence-electron chi connectivity index (χ1n) is 5.39. The molecule has 0 radical (unpaired) electrons. The number of methoxy groups -OCH3 is 2. The molecule has 3 nitrogen and oxygen atoms in total. The van der Waals surface area contributed by atoms with E-state index in [-0.39, 0.29) is 0 Å². The smallest absolute Gasteiger partial charge is 0.165 e. The highest BCUT2D eigenvalue weighted by Gasteiger charge is 2.24. The molecule has 0 spiro atoms. The molecule has 2 rings (SSSR count). The summed E-state index contributed by atoms with van der Waals surface area (Å²) in [6, 6.07) is 3.95. The predicted molar refractivity (Wildman–Crippen MR) is 67.5 cm³/mol. The summed E-state index contributed by atoms with van der Waals surface area (Å²) in [4.78, 5) is 0. The zero-order chi connectivity index (χ0) is 11.5. The van der Waals surface area contributed by atoms with Crippen molar-refractivity contribution in [3.8, 4) is 11.5 Å². The second kappa shape index (κ2) is 5.06. The van der Waals surface area contributed by atoms with Crippen LogP contribution in [0.2, 0.25) is 0 Å². The van der Waals surface area contributed by atoms with Crippen LogP contribution in [0.15, 0.2) is 16.6 Å². The number of nitrogens with one attached hydrogen (secondary N) is 1. The predicted octanol–water partition coefficient (Wildman–Crippen LogP) is 2.54. The number of hydrogen-bond donors (Lipinski definition) is 1. The van der Waals surface area contributed by atoms with Crippen molar-refractivity contribution in [1.29, 1.82) is 0 Å². The van der Waals surface area contributed by atoms with E-state index >= 15 is 0 Å². The van der Waals surface area contributed by atoms with Crippen LogP contribution in [0.3, 0.4) is 0 Å². The van der Waals surface area contributed by atoms with Crippen molar-refractivity contribution < 1.29 is 9.47 Å². The van der Waals surface area contributed by atoms with Crippen molar-refractivity contribution in [1.82, 2.24) is 5.32 Å². The van der Waals surface area contributed by atoms with Gasteiger partial charge in [-0.15, -0.1) is 0 Å². The summed E-state index contributed by atoms with van der Waals surface area (Å²) in [6.07, 6.45) is 1.14. The molecule has 1 unspecified atom stereocenters. The number of benzene rings is 1. The highest BCUT2D eigenvalue weighted by molar-refractivity contribution is 9.10. The molecule has 1 aliphatic heterocycles. The highest BCUT2D eigenvalue weighted by Crippen LogP contribution is 2.42. The third-order valence-corrected chi connectivity index (χ3v) is 3.69. The Morgan fingerprint density at radius 3 is 2.69 bits per heavy atom. The summed E-state index contributed by atoms with van der Waals surface area (Å²) in [6.45, 7) is 2.07. The highest BCUT2D eigenvalue weighted by atomic mass is 79.9. The van der Waals surface area contributed by atoms with Crippen LogP contribution in [0.1, 0.15) is 17.9 Å². The molecule has 88 valence electrons. The second-order valence-electron chi connectivity index (χ2n) is 3.89. The molecule has 1 heterocycles. The van der Waals surface area contributed by atoms with Gasteiger partial charge in [0.15, 0.2) is 11.5 Å². The molecule has 16 heavy (non-hydrogen) atoms. The summed E-state index contributed by atoms with van der Waals surface area (Å²) < 4.78 is 11.9. The van der Waals surface area contributed by atoms with Crippen LogP contribution in [-0.4, -0.2) is 27.3 Å². The van der Waals surface area contributed by atoms with E-state index in [4.69, 9.17) is 9.47 Å². The van der Waals surface area contributed by atoms with E-state index < -0.39 is 0 Å². The van der Waals surface area contributed by atoms with Crippen molar-refractivity contribution in [3.63, 3.8) is 0 Å². The molecule has 0 aromatic heterocycles. The van der Waals surface area contributed by atoms with Crippen LogP contribution >= 0.6 is 15.9 Å². The maximum Gasteiger partial charge on any atom is 0.165 e. The molecule has 1 aromatic rings. The standard InChI is InChI=1S/C12H16BrNO2/c1-15-10-4-3-9(13)11(12(10)16-2)8-5-6-14-7-8/h3-4,8,14H,5-7H2,1-2H3. The van der Waals surface area contributed by atoms with E-state index in [1.807, 2.05) is 12.1 Å². The molecule has 1 aliphatic rings. The van der Waals surface area contributed by atoms with Gasteiger partial charge < -0.3 is 14.8 Å². The van der Waals surface area contributed by atoms with Gasteiger partial charge in [-0.25, -0.2) is 0 Å². The summed E-state index contributed by atoms with van der Waals surface area (Å²) in [5.41, 5.74) is 1.21. The van der Waals surface area contributed by atoms with Gasteiger partial charge in [-0.05, 0) is 25.1 Å². The Morgan fingerprint density at radius 1 is 1.31 bits per heavy atom. The lowest BCUT2D eigenvalue weighted by atomic mass is 9.97. The monoisotopic (exact) mass is 285 g/mol. The lowest BCUT2D eigenvalue weighted by molar-refractivity contribution is 0.349. The number of ether oxygens (including phenoxy) is 2. The maximum atomic E-state index is 5.48. The number of halogens is 1. The average molecular weight is 286 g/mol. The van der Waals surface area contributed by atoms with Gasteiger partial charge in [0, 0.05) is 22.5 Å². The minimum Gasteiger partial charge on any atom is -0.493 e. The zero-order valence-electron chi connectivity index (χ0n) is 9.55. The SMILES string of the molecule is COc1ccc(Br)c(C2CCNC2)c1OC. The maximum absolute atomic E-state index is 5.48. The normalized spacial score (nSPS) is 19.8. The molecule has 0 aliphatic carbocycles. The molecule has 0 bridgehead atoms. The quantitative estimate of drug-likeness (QED) is 0.926. The fourth-order valence-corrected chi connectivity index (χ4v) is 2.84. The fourth-order valence-electron chi connectivity index (χ4n) is 2.21. The summed E-state index contributed by atoms with van der Waals surface area (Å²) in [5.74, 6) is 2.15. The van der Waals surface area contributed by atoms with Crippen molar-refractivity contribution in [2.45, 2.75) is 12.3 Å². The van der Waals surface area contributed by atoms with Gasteiger partial charge in [0.25, 0.3) is 0 Å². The topological polar surface area (TPSA) is 30.5 Å². The first-order valence-corrected chi connectivity index (χ1v) is 6.18. The average Bonchev–Trinajstić information content (AvgIpc) is 2.81. The van der Waals surface area contributed by atoms with Crippen molar-refractivity contribution in [3.05, 3.63) is 22.2 Å².